The zero-order valence-electron chi connectivity index (χ0n) is 26.3. The van der Waals surface area contributed by atoms with Crippen LogP contribution in [0.2, 0.25) is 0 Å². The second kappa shape index (κ2) is 14.0. The lowest BCUT2D eigenvalue weighted by Crippen LogP contribution is -2.48. The standard InChI is InChI=1S/C32H37F7N4O4/c1-18(2)47-29(45)40-24-11-7-20(8-12-24)28(44)43-16-26(19-5-9-23(33)10-6-19)27(17-43)42(4)30(46)41(3)25-14-21(31(34,35)36)13-22(15-25)32(37,38)39/h5-6,9-10,13-15,18,20,24,26-27H,7-8,11-12,16-17H2,1-4H3,(H,40,45)/t20?,24?,26-,27+/m0/s1. The van der Waals surface area contributed by atoms with Crippen LogP contribution < -0.4 is 10.2 Å². The quantitative estimate of drug-likeness (QED) is 0.334. The number of amides is 4. The third-order valence-corrected chi connectivity index (χ3v) is 8.69. The Morgan fingerprint density at radius 3 is 1.94 bits per heavy atom. The molecular formula is C32H37F7N4O4. The predicted molar refractivity (Wildman–Crippen MR) is 158 cm³/mol. The maximum atomic E-state index is 13.8. The molecule has 2 atom stereocenters. The Kier molecular flexibility index (Phi) is 10.7. The number of alkyl halides is 6. The molecule has 1 N–H and O–H groups in total. The van der Waals surface area contributed by atoms with Gasteiger partial charge < -0.3 is 19.9 Å². The number of urea groups is 1. The molecule has 1 saturated carbocycles. The van der Waals surface area contributed by atoms with Crippen LogP contribution in [-0.4, -0.2) is 73.2 Å². The lowest BCUT2D eigenvalue weighted by Gasteiger charge is -2.33. The Hall–Kier alpha value is -4.04. The monoisotopic (exact) mass is 674 g/mol. The molecular weight excluding hydrogens is 637 g/mol. The van der Waals surface area contributed by atoms with Crippen LogP contribution in [0.3, 0.4) is 0 Å². The minimum absolute atomic E-state index is 0.0165. The minimum Gasteiger partial charge on any atom is -0.447 e. The fraction of sp³-hybridized carbons (Fsp3) is 0.531. The molecule has 258 valence electrons. The number of hydrogen-bond donors (Lipinski definition) is 1. The lowest BCUT2D eigenvalue weighted by atomic mass is 9.85. The first-order valence-corrected chi connectivity index (χ1v) is 15.2. The van der Waals surface area contributed by atoms with E-state index in [1.807, 2.05) is 0 Å². The molecule has 1 aliphatic carbocycles. The lowest BCUT2D eigenvalue weighted by molar-refractivity contribution is -0.143. The van der Waals surface area contributed by atoms with E-state index in [9.17, 15) is 45.1 Å². The van der Waals surface area contributed by atoms with Crippen molar-refractivity contribution in [1.82, 2.24) is 15.1 Å². The largest absolute Gasteiger partial charge is 0.447 e. The van der Waals surface area contributed by atoms with Crippen LogP contribution in [0.1, 0.15) is 62.1 Å². The summed E-state index contributed by atoms with van der Waals surface area (Å²) in [5, 5.41) is 2.80. The predicted octanol–water partition coefficient (Wildman–Crippen LogP) is 7.04. The van der Waals surface area contributed by atoms with Gasteiger partial charge in [0.15, 0.2) is 0 Å². The van der Waals surface area contributed by atoms with Crippen molar-refractivity contribution in [1.29, 1.82) is 0 Å². The molecule has 1 heterocycles. The SMILES string of the molecule is CC(C)OC(=O)NC1CCC(C(=O)N2C[C@@H](N(C)C(=O)N(C)c3cc(C(F)(F)F)cc(C(F)(F)F)c3)[C@H](c3ccc(F)cc3)C2)CC1. The van der Waals surface area contributed by atoms with Crippen molar-refractivity contribution in [2.45, 2.75) is 76.0 Å². The van der Waals surface area contributed by atoms with Crippen LogP contribution in [0.25, 0.3) is 0 Å². The number of likely N-dealkylation sites (tertiary alicyclic amines) is 1. The molecule has 0 unspecified atom stereocenters. The van der Waals surface area contributed by atoms with E-state index < -0.39 is 59.1 Å². The van der Waals surface area contributed by atoms with Crippen molar-refractivity contribution in [3.05, 3.63) is 65.0 Å². The first-order chi connectivity index (χ1) is 21.8. The van der Waals surface area contributed by atoms with Crippen molar-refractivity contribution >= 4 is 23.7 Å². The van der Waals surface area contributed by atoms with Gasteiger partial charge in [-0.1, -0.05) is 12.1 Å². The molecule has 15 heteroatoms. The Balaban J connectivity index is 1.54. The average Bonchev–Trinajstić information content (AvgIpc) is 3.44. The Labute approximate surface area is 267 Å². The van der Waals surface area contributed by atoms with Crippen LogP contribution in [0.5, 0.6) is 0 Å². The zero-order valence-corrected chi connectivity index (χ0v) is 26.3. The zero-order chi connectivity index (χ0) is 34.8. The number of carbonyl (C=O) groups is 3. The van der Waals surface area contributed by atoms with Crippen molar-refractivity contribution in [3.63, 3.8) is 0 Å². The highest BCUT2D eigenvalue weighted by atomic mass is 19.4. The molecule has 1 aliphatic heterocycles. The van der Waals surface area contributed by atoms with Gasteiger partial charge in [-0.05, 0) is 75.4 Å². The number of benzene rings is 2. The number of rotatable bonds is 6. The molecule has 2 aromatic carbocycles. The highest BCUT2D eigenvalue weighted by Crippen LogP contribution is 2.39. The number of likely N-dealkylation sites (N-methyl/N-ethyl adjacent to an activating group) is 1. The molecule has 4 rings (SSSR count). The van der Waals surface area contributed by atoms with Gasteiger partial charge in [-0.25, -0.2) is 14.0 Å². The number of nitrogens with one attached hydrogen (secondary N) is 1. The van der Waals surface area contributed by atoms with Gasteiger partial charge in [-0.15, -0.1) is 0 Å². The van der Waals surface area contributed by atoms with E-state index >= 15 is 0 Å². The van der Waals surface area contributed by atoms with Crippen molar-refractivity contribution in [2.75, 3.05) is 32.1 Å². The summed E-state index contributed by atoms with van der Waals surface area (Å²) in [5.74, 6) is -1.58. The molecule has 2 aromatic rings. The maximum absolute atomic E-state index is 13.8. The summed E-state index contributed by atoms with van der Waals surface area (Å²) < 4.78 is 99.9. The fourth-order valence-corrected chi connectivity index (χ4v) is 6.18. The van der Waals surface area contributed by atoms with Gasteiger partial charge in [-0.2, -0.15) is 26.3 Å². The molecule has 4 amide bonds. The van der Waals surface area contributed by atoms with Gasteiger partial charge in [0.1, 0.15) is 5.82 Å². The van der Waals surface area contributed by atoms with Crippen LogP contribution >= 0.6 is 0 Å². The topological polar surface area (TPSA) is 82.2 Å². The maximum Gasteiger partial charge on any atom is 0.416 e. The molecule has 2 fully saturated rings. The summed E-state index contributed by atoms with van der Waals surface area (Å²) in [6, 6.07) is 4.60. The van der Waals surface area contributed by atoms with Crippen LogP contribution in [0, 0.1) is 11.7 Å². The molecule has 47 heavy (non-hydrogen) atoms. The number of alkyl carbamates (subject to hydrolysis) is 1. The van der Waals surface area contributed by atoms with E-state index in [2.05, 4.69) is 5.32 Å². The summed E-state index contributed by atoms with van der Waals surface area (Å²) in [5.41, 5.74) is -3.14. The summed E-state index contributed by atoms with van der Waals surface area (Å²) in [6.07, 6.45) is -8.94. The first kappa shape index (κ1) is 35.8. The van der Waals surface area contributed by atoms with E-state index in [1.165, 1.54) is 36.2 Å². The molecule has 0 radical (unpaired) electrons. The number of hydrogen-bond acceptors (Lipinski definition) is 4. The van der Waals surface area contributed by atoms with Gasteiger partial charge in [-0.3, -0.25) is 9.69 Å². The number of halogens is 7. The molecule has 0 spiro atoms. The van der Waals surface area contributed by atoms with E-state index in [1.54, 1.807) is 18.7 Å². The summed E-state index contributed by atoms with van der Waals surface area (Å²) in [4.78, 5) is 42.8. The summed E-state index contributed by atoms with van der Waals surface area (Å²) >= 11 is 0. The molecule has 0 aromatic heterocycles. The van der Waals surface area contributed by atoms with E-state index in [-0.39, 0.29) is 43.1 Å². The summed E-state index contributed by atoms with van der Waals surface area (Å²) in [7, 11) is 2.43. The van der Waals surface area contributed by atoms with Crippen LogP contribution in [0.15, 0.2) is 42.5 Å². The third kappa shape index (κ3) is 8.66. The molecule has 8 nitrogen and oxygen atoms in total. The smallest absolute Gasteiger partial charge is 0.416 e. The second-order valence-electron chi connectivity index (χ2n) is 12.3. The first-order valence-electron chi connectivity index (χ1n) is 15.2. The number of carbonyl (C=O) groups excluding carboxylic acids is 3. The van der Waals surface area contributed by atoms with Crippen molar-refractivity contribution < 1.29 is 49.9 Å². The minimum atomic E-state index is -5.10. The Bertz CT molecular complexity index is 1410. The van der Waals surface area contributed by atoms with Gasteiger partial charge in [0.2, 0.25) is 5.91 Å². The normalized spacial score (nSPS) is 21.8. The van der Waals surface area contributed by atoms with Gasteiger partial charge >= 0.3 is 24.5 Å². The van der Waals surface area contributed by atoms with Crippen molar-refractivity contribution in [3.8, 4) is 0 Å². The van der Waals surface area contributed by atoms with Crippen LogP contribution in [0.4, 0.5) is 46.0 Å². The Morgan fingerprint density at radius 2 is 1.43 bits per heavy atom. The van der Waals surface area contributed by atoms with Gasteiger partial charge in [0.25, 0.3) is 0 Å². The number of anilines is 1. The van der Waals surface area contributed by atoms with E-state index in [0.717, 1.165) is 7.05 Å². The third-order valence-electron chi connectivity index (χ3n) is 8.69. The van der Waals surface area contributed by atoms with Crippen LogP contribution in [-0.2, 0) is 21.9 Å². The van der Waals surface area contributed by atoms with E-state index in [0.29, 0.717) is 48.3 Å². The molecule has 1 saturated heterocycles. The molecule has 0 bridgehead atoms. The second-order valence-corrected chi connectivity index (χ2v) is 12.3. The average molecular weight is 675 g/mol. The Morgan fingerprint density at radius 1 is 0.872 bits per heavy atom. The van der Waals surface area contributed by atoms with E-state index in [4.69, 9.17) is 4.74 Å². The summed E-state index contributed by atoms with van der Waals surface area (Å²) in [6.45, 7) is 3.65. The number of nitrogens with zero attached hydrogens (tertiary/aromatic N) is 3. The highest BCUT2D eigenvalue weighted by Gasteiger charge is 2.43. The number of ether oxygens (including phenoxy) is 1. The van der Waals surface area contributed by atoms with Crippen molar-refractivity contribution in [2.24, 2.45) is 5.92 Å². The fourth-order valence-electron chi connectivity index (χ4n) is 6.18. The van der Waals surface area contributed by atoms with Gasteiger partial charge in [0, 0.05) is 50.7 Å². The highest BCUT2D eigenvalue weighted by molar-refractivity contribution is 5.92. The van der Waals surface area contributed by atoms with Gasteiger partial charge in [0.05, 0.1) is 23.3 Å². The molecule has 2 aliphatic rings.